The Morgan fingerprint density at radius 2 is 1.94 bits per heavy atom. The maximum atomic E-state index is 13.1. The van der Waals surface area contributed by atoms with Gasteiger partial charge in [0.15, 0.2) is 5.79 Å². The average molecular weight is 454 g/mol. The number of fused-ring (bicyclic) bond motifs is 2. The number of hydrogen-bond acceptors (Lipinski definition) is 7. The summed E-state index contributed by atoms with van der Waals surface area (Å²) >= 11 is 0. The number of esters is 1. The van der Waals surface area contributed by atoms with Crippen LogP contribution in [-0.4, -0.2) is 61.9 Å². The molecule has 1 saturated heterocycles. The van der Waals surface area contributed by atoms with Crippen molar-refractivity contribution in [2.75, 3.05) is 11.9 Å². The van der Waals surface area contributed by atoms with Crippen LogP contribution in [0.4, 0.5) is 5.69 Å². The normalized spacial score (nSPS) is 30.4. The fraction of sp³-hybridized carbons (Fsp3) is 0.520. The number of cyclic esters (lactones) is 1. The number of aryl methyl sites for hydroxylation is 1. The molecule has 5 atom stereocenters. The van der Waals surface area contributed by atoms with Gasteiger partial charge in [-0.25, -0.2) is 4.79 Å². The maximum absolute atomic E-state index is 13.1. The number of carbonyl (C=O) groups excluding carboxylic acids is 2. The third-order valence-electron chi connectivity index (χ3n) is 6.12. The molecule has 1 fully saturated rings. The molecule has 0 aromatic heterocycles. The Hall–Kier alpha value is -2.42. The van der Waals surface area contributed by atoms with Crippen molar-refractivity contribution in [2.45, 2.75) is 71.2 Å². The number of hydrogen-bond donors (Lipinski definition) is 1. The number of carbonyl (C=O) groups is 2. The van der Waals surface area contributed by atoms with Gasteiger partial charge in [0.25, 0.3) is 0 Å². The Morgan fingerprint density at radius 1 is 1.21 bits per heavy atom. The van der Waals surface area contributed by atoms with E-state index < -0.39 is 30.1 Å². The molecule has 0 bridgehead atoms. The quantitative estimate of drug-likeness (QED) is 0.325. The fourth-order valence-electron chi connectivity index (χ4n) is 4.14. The molecule has 1 aromatic carbocycles. The van der Waals surface area contributed by atoms with E-state index in [0.717, 1.165) is 11.3 Å². The van der Waals surface area contributed by atoms with Crippen molar-refractivity contribution in [3.63, 3.8) is 0 Å². The van der Waals surface area contributed by atoms with E-state index in [9.17, 15) is 14.7 Å². The summed E-state index contributed by atoms with van der Waals surface area (Å²) in [5, 5.41) is 10.8. The van der Waals surface area contributed by atoms with Crippen LogP contribution >= 0.6 is 0 Å². The van der Waals surface area contributed by atoms with Gasteiger partial charge in [-0.3, -0.25) is 0 Å². The average Bonchev–Trinajstić information content (AvgIpc) is 3.05. The zero-order valence-corrected chi connectivity index (χ0v) is 20.1. The second kappa shape index (κ2) is 10.2. The van der Waals surface area contributed by atoms with Crippen LogP contribution in [0.1, 0.15) is 55.6 Å². The van der Waals surface area contributed by atoms with Crippen LogP contribution in [0.3, 0.4) is 0 Å². The molecular weight excluding hydrogens is 421 g/mol. The van der Waals surface area contributed by atoms with E-state index in [-0.39, 0.29) is 12.0 Å². The first kappa shape index (κ1) is 25.2. The van der Waals surface area contributed by atoms with E-state index in [0.29, 0.717) is 23.7 Å². The van der Waals surface area contributed by atoms with Gasteiger partial charge in [0.1, 0.15) is 24.5 Å². The van der Waals surface area contributed by atoms with Gasteiger partial charge < -0.3 is 28.9 Å². The zero-order valence-electron chi connectivity index (χ0n) is 20.1. The molecule has 1 unspecified atom stereocenters. The first-order valence-electron chi connectivity index (χ1n) is 11.3. The van der Waals surface area contributed by atoms with Crippen molar-refractivity contribution in [3.05, 3.63) is 47.1 Å². The van der Waals surface area contributed by atoms with Crippen molar-refractivity contribution >= 4 is 31.3 Å². The molecule has 0 amide bonds. The Morgan fingerprint density at radius 3 is 2.64 bits per heavy atom. The van der Waals surface area contributed by atoms with Crippen LogP contribution in [0.5, 0.6) is 0 Å². The van der Waals surface area contributed by atoms with E-state index in [4.69, 9.17) is 14.2 Å². The Kier molecular flexibility index (Phi) is 7.82. The summed E-state index contributed by atoms with van der Waals surface area (Å²) in [4.78, 5) is 25.8. The third-order valence-corrected chi connectivity index (χ3v) is 6.12. The molecule has 0 aliphatic carbocycles. The van der Waals surface area contributed by atoms with Crippen molar-refractivity contribution in [1.29, 1.82) is 0 Å². The summed E-state index contributed by atoms with van der Waals surface area (Å²) in [6.07, 6.45) is 6.38. The lowest BCUT2D eigenvalue weighted by atomic mass is 9.92. The van der Waals surface area contributed by atoms with Gasteiger partial charge in [-0.2, -0.15) is 0 Å². The summed E-state index contributed by atoms with van der Waals surface area (Å²) in [7, 11) is 3.19. The number of anilines is 1. The number of benzene rings is 1. The standard InChI is InChI=1S/C25H33BNO6/c1-15-10-11-20(29)23-21(32-25(4,5)33-23)9-7-8-18-13-19(27(6)26-14-28)12-16(2)22(18)24(30)31-17(15)3/h7-8,10-15,17,20-21,23,29H,9H2,1-6H3/b8-7?,11-10-/t15-,17+,20?,21+,23-/m1/s1. The number of rotatable bonds is 3. The Balaban J connectivity index is 2.05. The molecule has 2 aliphatic heterocycles. The van der Waals surface area contributed by atoms with E-state index in [1.54, 1.807) is 17.9 Å². The van der Waals surface area contributed by atoms with E-state index in [1.165, 1.54) is 7.41 Å². The Labute approximate surface area is 196 Å². The van der Waals surface area contributed by atoms with Gasteiger partial charge in [0.05, 0.1) is 11.7 Å². The van der Waals surface area contributed by atoms with Gasteiger partial charge in [-0.15, -0.1) is 0 Å². The van der Waals surface area contributed by atoms with Crippen LogP contribution in [0, 0.1) is 12.8 Å². The number of nitrogens with zero attached hydrogens (tertiary/aromatic N) is 1. The van der Waals surface area contributed by atoms with Gasteiger partial charge >= 0.3 is 13.4 Å². The number of ether oxygens (including phenoxy) is 3. The SMILES string of the molecule is Cc1cc(N(C)[B]C=O)cc2c1C(=O)O[C@@H](C)[C@H](C)/C=C\C(O)[C@H]1OC(C)(C)O[C@H]1CC=C2. The largest absolute Gasteiger partial charge is 0.458 e. The van der Waals surface area contributed by atoms with Crippen molar-refractivity contribution in [1.82, 2.24) is 0 Å². The highest BCUT2D eigenvalue weighted by molar-refractivity contribution is 6.70. The van der Waals surface area contributed by atoms with Crippen LogP contribution in [0.25, 0.3) is 6.08 Å². The minimum atomic E-state index is -0.855. The number of aliphatic hydroxyl groups is 1. The summed E-state index contributed by atoms with van der Waals surface area (Å²) in [6.45, 7) is 9.28. The van der Waals surface area contributed by atoms with Crippen molar-refractivity contribution in [2.24, 2.45) is 5.92 Å². The van der Waals surface area contributed by atoms with Gasteiger partial charge in [0.2, 0.25) is 0 Å². The molecule has 177 valence electrons. The molecule has 1 aromatic rings. The molecule has 8 heteroatoms. The summed E-state index contributed by atoms with van der Waals surface area (Å²) in [5.74, 6) is -1.34. The molecule has 0 spiro atoms. The predicted octanol–water partition coefficient (Wildman–Crippen LogP) is 3.28. The van der Waals surface area contributed by atoms with E-state index in [2.05, 4.69) is 0 Å². The first-order chi connectivity index (χ1) is 15.5. The van der Waals surface area contributed by atoms with Gasteiger partial charge in [-0.05, 0) is 64.4 Å². The lowest BCUT2D eigenvalue weighted by Gasteiger charge is -2.23. The Bertz CT molecular complexity index is 943. The van der Waals surface area contributed by atoms with Crippen LogP contribution in [0.2, 0.25) is 0 Å². The molecule has 33 heavy (non-hydrogen) atoms. The fourth-order valence-corrected chi connectivity index (χ4v) is 4.14. The summed E-state index contributed by atoms with van der Waals surface area (Å²) in [6, 6.07) is 3.70. The van der Waals surface area contributed by atoms with Crippen LogP contribution in [-0.2, 0) is 19.0 Å². The maximum Gasteiger partial charge on any atom is 0.339 e. The molecule has 2 aliphatic rings. The number of aliphatic hydroxyl groups excluding tert-OH is 1. The highest BCUT2D eigenvalue weighted by atomic mass is 16.8. The lowest BCUT2D eigenvalue weighted by Crippen LogP contribution is -2.34. The monoisotopic (exact) mass is 454 g/mol. The summed E-state index contributed by atoms with van der Waals surface area (Å²) < 4.78 is 17.8. The van der Waals surface area contributed by atoms with Crippen LogP contribution in [0.15, 0.2) is 30.4 Å². The van der Waals surface area contributed by atoms with Gasteiger partial charge in [0, 0.05) is 11.6 Å². The van der Waals surface area contributed by atoms with E-state index in [1.807, 2.05) is 65.0 Å². The molecule has 0 saturated carbocycles. The summed E-state index contributed by atoms with van der Waals surface area (Å²) in [5.41, 5.74) is 2.69. The second-order valence-corrected chi connectivity index (χ2v) is 9.24. The smallest absolute Gasteiger partial charge is 0.339 e. The van der Waals surface area contributed by atoms with E-state index >= 15 is 0 Å². The predicted molar refractivity (Wildman–Crippen MR) is 129 cm³/mol. The molecule has 7 nitrogen and oxygen atoms in total. The highest BCUT2D eigenvalue weighted by Crippen LogP contribution is 2.33. The molecule has 1 radical (unpaired) electrons. The third kappa shape index (κ3) is 5.94. The lowest BCUT2D eigenvalue weighted by molar-refractivity contribution is -0.152. The first-order valence-corrected chi connectivity index (χ1v) is 11.3. The molecule has 3 rings (SSSR count). The minimum absolute atomic E-state index is 0.118. The molecule has 1 N–H and O–H groups in total. The second-order valence-electron chi connectivity index (χ2n) is 9.24. The molecular formula is C25H33BNO6. The van der Waals surface area contributed by atoms with Gasteiger partial charge in [-0.1, -0.05) is 31.2 Å². The minimum Gasteiger partial charge on any atom is -0.458 e. The van der Waals surface area contributed by atoms with Crippen LogP contribution < -0.4 is 4.81 Å². The van der Waals surface area contributed by atoms with Crippen molar-refractivity contribution < 1.29 is 28.9 Å². The molecule has 2 heterocycles. The highest BCUT2D eigenvalue weighted by Gasteiger charge is 2.43. The topological polar surface area (TPSA) is 85.3 Å². The van der Waals surface area contributed by atoms with Crippen molar-refractivity contribution in [3.8, 4) is 0 Å². The zero-order chi connectivity index (χ0) is 24.3.